The topological polar surface area (TPSA) is 43.2 Å². The summed E-state index contributed by atoms with van der Waals surface area (Å²) in [5.74, 6) is 2.21. The number of anilines is 3. The molecular formula is C58H36N4O. The molecule has 0 fully saturated rings. The fourth-order valence-electron chi connectivity index (χ4n) is 9.73. The van der Waals surface area contributed by atoms with Crippen molar-refractivity contribution in [3.8, 4) is 51.0 Å². The van der Waals surface area contributed by atoms with Gasteiger partial charge in [0.1, 0.15) is 0 Å². The Morgan fingerprint density at radius 2 is 1.03 bits per heavy atom. The number of ether oxygens (including phenoxy) is 1. The van der Waals surface area contributed by atoms with E-state index in [0.29, 0.717) is 5.95 Å². The average molecular weight is 805 g/mol. The Hall–Kier alpha value is -8.54. The fraction of sp³-hybridized carbons (Fsp3) is 0. The number of rotatable bonds is 5. The standard InChI is InChI=1S/C58H36N4O/c1-2-17-42(18-3-1)61-50-26-10-11-27-53(50)63-54-36-41(33-34-51(54)61)46-23-13-24-48-55-45-20-7-5-15-38(45)32-35-52(55)62(57(46)48)58-59-49-25-9-8-21-47(49)56(60-58)40-30-28-39(29-31-40)44-22-12-16-37-14-4-6-19-43(37)44/h1-36H. The molecule has 12 aromatic rings. The van der Waals surface area contributed by atoms with Crippen LogP contribution in [0.3, 0.4) is 0 Å². The molecule has 5 nitrogen and oxygen atoms in total. The number of hydrogen-bond donors (Lipinski definition) is 0. The van der Waals surface area contributed by atoms with Crippen molar-refractivity contribution in [1.82, 2.24) is 14.5 Å². The molecule has 0 saturated carbocycles. The van der Waals surface area contributed by atoms with Crippen LogP contribution in [0.15, 0.2) is 218 Å². The SMILES string of the molecule is c1ccc(N2c3ccccc3Oc3cc(-c4cccc5c6c7ccccc7ccc6n(-c6nc(-c7ccc(-c8cccc9ccccc89)cc7)c7ccccc7n6)c45)ccc32)cc1. The van der Waals surface area contributed by atoms with E-state index in [4.69, 9.17) is 14.7 Å². The maximum atomic E-state index is 6.73. The summed E-state index contributed by atoms with van der Waals surface area (Å²) in [6, 6.07) is 77.2. The van der Waals surface area contributed by atoms with E-state index in [9.17, 15) is 0 Å². The zero-order chi connectivity index (χ0) is 41.4. The first kappa shape index (κ1) is 35.2. The summed E-state index contributed by atoms with van der Waals surface area (Å²) in [6.07, 6.45) is 0. The third-order valence-electron chi connectivity index (χ3n) is 12.6. The second-order valence-electron chi connectivity index (χ2n) is 16.1. The molecule has 5 heteroatoms. The van der Waals surface area contributed by atoms with Crippen molar-refractivity contribution in [2.24, 2.45) is 0 Å². The van der Waals surface area contributed by atoms with Crippen LogP contribution in [0, 0.1) is 0 Å². The highest BCUT2D eigenvalue weighted by atomic mass is 16.5. The maximum Gasteiger partial charge on any atom is 0.235 e. The highest BCUT2D eigenvalue weighted by Gasteiger charge is 2.27. The van der Waals surface area contributed by atoms with Crippen LogP contribution in [0.4, 0.5) is 17.1 Å². The molecule has 10 aromatic carbocycles. The van der Waals surface area contributed by atoms with Gasteiger partial charge in [-0.3, -0.25) is 4.57 Å². The van der Waals surface area contributed by atoms with E-state index < -0.39 is 0 Å². The number of aromatic nitrogens is 3. The minimum atomic E-state index is 0.614. The zero-order valence-electron chi connectivity index (χ0n) is 34.0. The van der Waals surface area contributed by atoms with Gasteiger partial charge in [0.25, 0.3) is 0 Å². The van der Waals surface area contributed by atoms with Crippen LogP contribution >= 0.6 is 0 Å². The van der Waals surface area contributed by atoms with Gasteiger partial charge in [0.15, 0.2) is 11.5 Å². The van der Waals surface area contributed by atoms with Gasteiger partial charge in [-0.25, -0.2) is 9.97 Å². The highest BCUT2D eigenvalue weighted by molar-refractivity contribution is 6.23. The summed E-state index contributed by atoms with van der Waals surface area (Å²) in [5.41, 5.74) is 12.4. The summed E-state index contributed by atoms with van der Waals surface area (Å²) in [5, 5.41) is 8.13. The van der Waals surface area contributed by atoms with Gasteiger partial charge in [0, 0.05) is 33.0 Å². The number of benzene rings is 10. The molecule has 0 aliphatic carbocycles. The number of hydrogen-bond acceptors (Lipinski definition) is 4. The molecule has 2 aromatic heterocycles. The third-order valence-corrected chi connectivity index (χ3v) is 12.6. The molecule has 63 heavy (non-hydrogen) atoms. The van der Waals surface area contributed by atoms with E-state index in [2.05, 4.69) is 210 Å². The Balaban J connectivity index is 1.03. The molecule has 13 rings (SSSR count). The number of para-hydroxylation sites is 5. The molecule has 3 heterocycles. The quantitative estimate of drug-likeness (QED) is 0.174. The largest absolute Gasteiger partial charge is 0.453 e. The van der Waals surface area contributed by atoms with Crippen molar-refractivity contribution in [3.05, 3.63) is 218 Å². The Labute approximate surface area is 363 Å². The second-order valence-corrected chi connectivity index (χ2v) is 16.1. The van der Waals surface area contributed by atoms with E-state index in [1.165, 1.54) is 32.5 Å². The molecule has 0 unspecified atom stereocenters. The average Bonchev–Trinajstić information content (AvgIpc) is 3.70. The molecule has 0 atom stereocenters. The van der Waals surface area contributed by atoms with Crippen LogP contribution < -0.4 is 9.64 Å². The van der Waals surface area contributed by atoms with Crippen LogP contribution in [0.2, 0.25) is 0 Å². The molecule has 294 valence electrons. The van der Waals surface area contributed by atoms with E-state index in [0.717, 1.165) is 83.8 Å². The van der Waals surface area contributed by atoms with Gasteiger partial charge >= 0.3 is 0 Å². The molecule has 0 radical (unpaired) electrons. The van der Waals surface area contributed by atoms with E-state index in [-0.39, 0.29) is 0 Å². The molecule has 0 amide bonds. The summed E-state index contributed by atoms with van der Waals surface area (Å²) in [7, 11) is 0. The van der Waals surface area contributed by atoms with Gasteiger partial charge in [0.2, 0.25) is 5.95 Å². The fourth-order valence-corrected chi connectivity index (χ4v) is 9.73. The van der Waals surface area contributed by atoms with Crippen molar-refractivity contribution in [3.63, 3.8) is 0 Å². The van der Waals surface area contributed by atoms with Gasteiger partial charge in [-0.15, -0.1) is 0 Å². The third kappa shape index (κ3) is 5.57. The number of nitrogens with zero attached hydrogens (tertiary/aromatic N) is 4. The van der Waals surface area contributed by atoms with Crippen LogP contribution in [0.5, 0.6) is 11.5 Å². The van der Waals surface area contributed by atoms with Gasteiger partial charge < -0.3 is 9.64 Å². The Kier molecular flexibility index (Phi) is 7.84. The van der Waals surface area contributed by atoms with Crippen LogP contribution in [0.25, 0.3) is 93.7 Å². The van der Waals surface area contributed by atoms with Crippen LogP contribution in [0.1, 0.15) is 0 Å². The lowest BCUT2D eigenvalue weighted by Crippen LogP contribution is -2.15. The van der Waals surface area contributed by atoms with E-state index in [1.54, 1.807) is 0 Å². The molecule has 0 saturated heterocycles. The first-order chi connectivity index (χ1) is 31.2. The summed E-state index contributed by atoms with van der Waals surface area (Å²) < 4.78 is 9.01. The summed E-state index contributed by atoms with van der Waals surface area (Å²) >= 11 is 0. The molecule has 0 bridgehead atoms. The maximum absolute atomic E-state index is 6.73. The minimum Gasteiger partial charge on any atom is -0.453 e. The van der Waals surface area contributed by atoms with E-state index in [1.807, 2.05) is 18.2 Å². The Bertz CT molecular complexity index is 3770. The smallest absolute Gasteiger partial charge is 0.235 e. The van der Waals surface area contributed by atoms with Crippen molar-refractivity contribution in [2.75, 3.05) is 4.90 Å². The second kappa shape index (κ2) is 14.0. The van der Waals surface area contributed by atoms with Crippen LogP contribution in [-0.4, -0.2) is 14.5 Å². The molecule has 0 N–H and O–H groups in total. The van der Waals surface area contributed by atoms with Crippen LogP contribution in [-0.2, 0) is 0 Å². The monoisotopic (exact) mass is 804 g/mol. The lowest BCUT2D eigenvalue weighted by atomic mass is 9.96. The lowest BCUT2D eigenvalue weighted by molar-refractivity contribution is 0.477. The van der Waals surface area contributed by atoms with Gasteiger partial charge in [-0.2, -0.15) is 0 Å². The normalized spacial score (nSPS) is 12.2. The van der Waals surface area contributed by atoms with Gasteiger partial charge in [-0.1, -0.05) is 170 Å². The van der Waals surface area contributed by atoms with Crippen molar-refractivity contribution >= 4 is 71.3 Å². The first-order valence-electron chi connectivity index (χ1n) is 21.3. The molecular weight excluding hydrogens is 769 g/mol. The van der Waals surface area contributed by atoms with Crippen molar-refractivity contribution in [1.29, 1.82) is 0 Å². The summed E-state index contributed by atoms with van der Waals surface area (Å²) in [6.45, 7) is 0. The van der Waals surface area contributed by atoms with Crippen molar-refractivity contribution < 1.29 is 4.74 Å². The van der Waals surface area contributed by atoms with Crippen molar-refractivity contribution in [2.45, 2.75) is 0 Å². The van der Waals surface area contributed by atoms with Gasteiger partial charge in [-0.05, 0) is 86.8 Å². The minimum absolute atomic E-state index is 0.614. The predicted octanol–water partition coefficient (Wildman–Crippen LogP) is 15.6. The molecule has 1 aliphatic rings. The lowest BCUT2D eigenvalue weighted by Gasteiger charge is -2.33. The molecule has 0 spiro atoms. The van der Waals surface area contributed by atoms with Gasteiger partial charge in [0.05, 0.1) is 33.6 Å². The Morgan fingerprint density at radius 3 is 1.90 bits per heavy atom. The first-order valence-corrected chi connectivity index (χ1v) is 21.3. The summed E-state index contributed by atoms with van der Waals surface area (Å²) in [4.78, 5) is 13.2. The predicted molar refractivity (Wildman–Crippen MR) is 260 cm³/mol. The van der Waals surface area contributed by atoms with E-state index >= 15 is 0 Å². The Morgan fingerprint density at radius 1 is 0.397 bits per heavy atom. The highest BCUT2D eigenvalue weighted by Crippen LogP contribution is 2.52. The molecule has 1 aliphatic heterocycles. The number of fused-ring (bicyclic) bond motifs is 9. The zero-order valence-corrected chi connectivity index (χ0v) is 34.0.